The molecule has 1 aliphatic rings. The van der Waals surface area contributed by atoms with Crippen molar-refractivity contribution in [3.05, 3.63) is 21.3 Å². The van der Waals surface area contributed by atoms with Gasteiger partial charge in [-0.05, 0) is 13.3 Å². The summed E-state index contributed by atoms with van der Waals surface area (Å²) >= 11 is 1.57. The summed E-state index contributed by atoms with van der Waals surface area (Å²) in [5, 5.41) is 11.0. The molecule has 0 amide bonds. The molecule has 0 bridgehead atoms. The standard InChI is InChI=1S/C7H12N2O2S/c1-2-8-4-3-5-12-7(8)6-9(10)11/h6H,2-5H2,1H3/b7-6-. The minimum atomic E-state index is -0.379. The SMILES string of the molecule is CCN1CCCS/C1=C\[N+](=O)[O-]. The van der Waals surface area contributed by atoms with Gasteiger partial charge in [-0.2, -0.15) is 0 Å². The van der Waals surface area contributed by atoms with Crippen LogP contribution in [0.1, 0.15) is 13.3 Å². The van der Waals surface area contributed by atoms with E-state index in [1.807, 2.05) is 11.8 Å². The van der Waals surface area contributed by atoms with E-state index in [1.165, 1.54) is 0 Å². The van der Waals surface area contributed by atoms with Crippen LogP contribution in [-0.2, 0) is 0 Å². The Morgan fingerprint density at radius 3 is 3.17 bits per heavy atom. The molecule has 12 heavy (non-hydrogen) atoms. The highest BCUT2D eigenvalue weighted by Gasteiger charge is 2.16. The van der Waals surface area contributed by atoms with Crippen LogP contribution in [0.2, 0.25) is 0 Å². The molecule has 1 heterocycles. The van der Waals surface area contributed by atoms with Crippen LogP contribution in [0.5, 0.6) is 0 Å². The van der Waals surface area contributed by atoms with E-state index >= 15 is 0 Å². The second kappa shape index (κ2) is 4.35. The van der Waals surface area contributed by atoms with Crippen molar-refractivity contribution in [2.24, 2.45) is 0 Å². The van der Waals surface area contributed by atoms with E-state index in [4.69, 9.17) is 0 Å². The molecule has 0 spiro atoms. The number of hydrogen-bond donors (Lipinski definition) is 0. The first-order valence-corrected chi connectivity index (χ1v) is 4.95. The van der Waals surface area contributed by atoms with Crippen molar-refractivity contribution in [3.63, 3.8) is 0 Å². The Bertz CT molecular complexity index is 206. The van der Waals surface area contributed by atoms with Crippen LogP contribution in [0.25, 0.3) is 0 Å². The van der Waals surface area contributed by atoms with E-state index in [1.54, 1.807) is 11.8 Å². The fourth-order valence-corrected chi connectivity index (χ4v) is 2.20. The zero-order valence-corrected chi connectivity index (χ0v) is 7.84. The molecule has 0 saturated carbocycles. The van der Waals surface area contributed by atoms with Gasteiger partial charge in [-0.25, -0.2) is 0 Å². The summed E-state index contributed by atoms with van der Waals surface area (Å²) in [5.74, 6) is 0.996. The van der Waals surface area contributed by atoms with Gasteiger partial charge in [0.05, 0.1) is 4.92 Å². The smallest absolute Gasteiger partial charge is 0.264 e. The fraction of sp³-hybridized carbons (Fsp3) is 0.714. The van der Waals surface area contributed by atoms with E-state index in [2.05, 4.69) is 0 Å². The molecule has 0 N–H and O–H groups in total. The van der Waals surface area contributed by atoms with Gasteiger partial charge < -0.3 is 4.90 Å². The first-order valence-electron chi connectivity index (χ1n) is 3.97. The number of nitro groups is 1. The third-order valence-electron chi connectivity index (χ3n) is 1.73. The molecular formula is C7H12N2O2S. The molecule has 68 valence electrons. The molecule has 1 fully saturated rings. The Kier molecular flexibility index (Phi) is 3.40. The second-order valence-corrected chi connectivity index (χ2v) is 3.65. The van der Waals surface area contributed by atoms with Crippen molar-refractivity contribution >= 4 is 11.8 Å². The minimum Gasteiger partial charge on any atom is -0.362 e. The molecule has 1 aliphatic heterocycles. The van der Waals surface area contributed by atoms with Gasteiger partial charge in [0, 0.05) is 18.8 Å². The van der Waals surface area contributed by atoms with E-state index in [-0.39, 0.29) is 4.92 Å². The van der Waals surface area contributed by atoms with E-state index in [0.29, 0.717) is 0 Å². The Morgan fingerprint density at radius 1 is 1.83 bits per heavy atom. The lowest BCUT2D eigenvalue weighted by Crippen LogP contribution is -2.27. The second-order valence-electron chi connectivity index (χ2n) is 2.53. The van der Waals surface area contributed by atoms with E-state index < -0.39 is 0 Å². The highest BCUT2D eigenvalue weighted by Crippen LogP contribution is 2.25. The minimum absolute atomic E-state index is 0.379. The summed E-state index contributed by atoms with van der Waals surface area (Å²) in [7, 11) is 0. The Morgan fingerprint density at radius 2 is 2.58 bits per heavy atom. The molecule has 5 heteroatoms. The molecule has 4 nitrogen and oxygen atoms in total. The van der Waals surface area contributed by atoms with Crippen molar-refractivity contribution in [1.82, 2.24) is 4.90 Å². The van der Waals surface area contributed by atoms with Crippen LogP contribution in [0.4, 0.5) is 0 Å². The van der Waals surface area contributed by atoms with Gasteiger partial charge >= 0.3 is 0 Å². The van der Waals surface area contributed by atoms with Gasteiger partial charge in [0.1, 0.15) is 5.03 Å². The Balaban J connectivity index is 2.64. The van der Waals surface area contributed by atoms with Crippen molar-refractivity contribution in [1.29, 1.82) is 0 Å². The molecule has 0 aliphatic carbocycles. The van der Waals surface area contributed by atoms with Gasteiger partial charge in [-0.15, -0.1) is 11.8 Å². The van der Waals surface area contributed by atoms with Gasteiger partial charge in [-0.1, -0.05) is 0 Å². The summed E-state index contributed by atoms with van der Waals surface area (Å²) in [4.78, 5) is 11.9. The van der Waals surface area contributed by atoms with Crippen molar-refractivity contribution in [2.45, 2.75) is 13.3 Å². The molecule has 0 aromatic carbocycles. The van der Waals surface area contributed by atoms with Gasteiger partial charge in [0.15, 0.2) is 0 Å². The van der Waals surface area contributed by atoms with Crippen LogP contribution in [0.15, 0.2) is 11.2 Å². The normalized spacial score (nSPS) is 21.4. The van der Waals surface area contributed by atoms with Crippen LogP contribution < -0.4 is 0 Å². The lowest BCUT2D eigenvalue weighted by atomic mass is 10.4. The number of nitrogens with zero attached hydrogens (tertiary/aromatic N) is 2. The van der Waals surface area contributed by atoms with Crippen molar-refractivity contribution in [3.8, 4) is 0 Å². The lowest BCUT2D eigenvalue weighted by molar-refractivity contribution is -0.403. The predicted octanol–water partition coefficient (Wildman–Crippen LogP) is 1.52. The zero-order valence-electron chi connectivity index (χ0n) is 7.02. The average Bonchev–Trinajstić information content (AvgIpc) is 2.04. The quantitative estimate of drug-likeness (QED) is 0.487. The molecule has 0 radical (unpaired) electrons. The molecule has 1 saturated heterocycles. The van der Waals surface area contributed by atoms with Gasteiger partial charge in [-0.3, -0.25) is 10.1 Å². The van der Waals surface area contributed by atoms with Gasteiger partial charge in [0.2, 0.25) is 0 Å². The topological polar surface area (TPSA) is 46.4 Å². The number of hydrogen-bond acceptors (Lipinski definition) is 4. The van der Waals surface area contributed by atoms with E-state index in [0.717, 1.165) is 36.5 Å². The van der Waals surface area contributed by atoms with Crippen LogP contribution in [0.3, 0.4) is 0 Å². The summed E-state index contributed by atoms with van der Waals surface area (Å²) in [6, 6.07) is 0. The summed E-state index contributed by atoms with van der Waals surface area (Å²) in [6.45, 7) is 3.81. The first-order chi connectivity index (χ1) is 5.74. The molecular weight excluding hydrogens is 176 g/mol. The molecule has 0 unspecified atom stereocenters. The predicted molar refractivity (Wildman–Crippen MR) is 49.4 cm³/mol. The summed E-state index contributed by atoms with van der Waals surface area (Å²) in [5.41, 5.74) is 0. The van der Waals surface area contributed by atoms with E-state index in [9.17, 15) is 10.1 Å². The maximum absolute atomic E-state index is 10.2. The largest absolute Gasteiger partial charge is 0.362 e. The van der Waals surface area contributed by atoms with Crippen molar-refractivity contribution in [2.75, 3.05) is 18.8 Å². The highest BCUT2D eigenvalue weighted by atomic mass is 32.2. The highest BCUT2D eigenvalue weighted by molar-refractivity contribution is 8.03. The maximum atomic E-state index is 10.2. The average molecular weight is 188 g/mol. The Hall–Kier alpha value is -0.710. The number of thioether (sulfide) groups is 1. The van der Waals surface area contributed by atoms with Crippen molar-refractivity contribution < 1.29 is 4.92 Å². The first kappa shape index (κ1) is 9.38. The van der Waals surface area contributed by atoms with Crippen LogP contribution in [-0.4, -0.2) is 28.7 Å². The third kappa shape index (κ3) is 2.41. The monoisotopic (exact) mass is 188 g/mol. The van der Waals surface area contributed by atoms with Gasteiger partial charge in [0.25, 0.3) is 6.20 Å². The third-order valence-corrected chi connectivity index (χ3v) is 2.88. The van der Waals surface area contributed by atoms with Crippen LogP contribution >= 0.6 is 11.8 Å². The molecule has 0 aromatic rings. The summed E-state index contributed by atoms with van der Waals surface area (Å²) in [6.07, 6.45) is 2.22. The lowest BCUT2D eigenvalue weighted by Gasteiger charge is -2.27. The number of rotatable bonds is 2. The maximum Gasteiger partial charge on any atom is 0.264 e. The summed E-state index contributed by atoms with van der Waals surface area (Å²) < 4.78 is 0. The Labute approximate surface area is 75.8 Å². The molecule has 1 rings (SSSR count). The zero-order chi connectivity index (χ0) is 8.97. The van der Waals surface area contributed by atoms with Crippen LogP contribution in [0, 0.1) is 10.1 Å². The molecule has 0 aromatic heterocycles. The fourth-order valence-electron chi connectivity index (χ4n) is 1.16. The molecule has 0 atom stereocenters.